The first kappa shape index (κ1) is 26.4. The quantitative estimate of drug-likeness (QED) is 0.274. The van der Waals surface area contributed by atoms with Gasteiger partial charge in [-0.25, -0.2) is 18.0 Å². The second kappa shape index (κ2) is 11.1. The summed E-state index contributed by atoms with van der Waals surface area (Å²) in [6, 6.07) is 11.2. The Morgan fingerprint density at radius 2 is 1.71 bits per heavy atom. The van der Waals surface area contributed by atoms with Crippen LogP contribution in [0.1, 0.15) is 15.9 Å². The molecule has 4 rings (SSSR count). The van der Waals surface area contributed by atoms with Gasteiger partial charge < -0.3 is 25.2 Å². The second-order valence-electron chi connectivity index (χ2n) is 7.81. The van der Waals surface area contributed by atoms with Gasteiger partial charge in [-0.2, -0.15) is 0 Å². The fourth-order valence-electron chi connectivity index (χ4n) is 3.55. The number of pyridine rings is 1. The number of carbonyl (C=O) groups excluding carboxylic acids is 1. The van der Waals surface area contributed by atoms with E-state index in [1.54, 1.807) is 0 Å². The van der Waals surface area contributed by atoms with Crippen molar-refractivity contribution >= 4 is 45.8 Å². The Kier molecular flexibility index (Phi) is 7.72. The minimum atomic E-state index is -1.22. The largest absolute Gasteiger partial charge is 0.496 e. The molecule has 0 spiro atoms. The number of methoxy groups -OCH3 is 1. The summed E-state index contributed by atoms with van der Waals surface area (Å²) < 4.78 is 53.1. The number of carboxylic acid groups (broad SMARTS) is 1. The molecule has 0 atom stereocenters. The summed E-state index contributed by atoms with van der Waals surface area (Å²) in [6.45, 7) is 0. The van der Waals surface area contributed by atoms with E-state index in [1.807, 2.05) is 0 Å². The lowest BCUT2D eigenvalue weighted by molar-refractivity contribution is -0.119. The van der Waals surface area contributed by atoms with Crippen LogP contribution in [0.4, 0.5) is 18.9 Å². The lowest BCUT2D eigenvalue weighted by atomic mass is 10.1. The van der Waals surface area contributed by atoms with E-state index < -0.39 is 41.3 Å². The lowest BCUT2D eigenvalue weighted by Gasteiger charge is -2.13. The van der Waals surface area contributed by atoms with Gasteiger partial charge >= 0.3 is 5.97 Å². The van der Waals surface area contributed by atoms with E-state index in [1.165, 1.54) is 49.7 Å². The third-order valence-electron chi connectivity index (χ3n) is 5.31. The molecule has 0 saturated heterocycles. The predicted molar refractivity (Wildman–Crippen MR) is 136 cm³/mol. The van der Waals surface area contributed by atoms with E-state index >= 15 is 0 Å². The van der Waals surface area contributed by atoms with E-state index in [0.29, 0.717) is 10.9 Å². The molecule has 8 nitrogen and oxygen atoms in total. The Labute approximate surface area is 219 Å². The zero-order chi connectivity index (χ0) is 27.4. The van der Waals surface area contributed by atoms with E-state index in [4.69, 9.17) is 21.7 Å². The first-order valence-corrected chi connectivity index (χ1v) is 11.3. The van der Waals surface area contributed by atoms with Crippen molar-refractivity contribution in [1.29, 1.82) is 0 Å². The minimum Gasteiger partial charge on any atom is -0.496 e. The molecule has 3 aromatic carbocycles. The maximum absolute atomic E-state index is 14.8. The third-order valence-corrected chi connectivity index (χ3v) is 5.52. The maximum atomic E-state index is 14.8. The molecule has 0 aliphatic rings. The number of nitrogens with zero attached hydrogens (tertiary/aromatic N) is 1. The van der Waals surface area contributed by atoms with Crippen LogP contribution in [0.2, 0.25) is 0 Å². The number of ether oxygens (including phenoxy) is 2. The Morgan fingerprint density at radius 1 is 0.974 bits per heavy atom. The van der Waals surface area contributed by atoms with Gasteiger partial charge in [-0.1, -0.05) is 6.07 Å². The number of carboxylic acids is 1. The van der Waals surface area contributed by atoms with Gasteiger partial charge in [0.25, 0.3) is 0 Å². The number of aromatic nitrogens is 1. The van der Waals surface area contributed by atoms with Crippen molar-refractivity contribution in [1.82, 2.24) is 10.3 Å². The fourth-order valence-corrected chi connectivity index (χ4v) is 3.78. The maximum Gasteiger partial charge on any atom is 0.339 e. The van der Waals surface area contributed by atoms with Gasteiger partial charge in [0.1, 0.15) is 28.7 Å². The Balaban J connectivity index is 1.47. The van der Waals surface area contributed by atoms with Gasteiger partial charge in [-0.15, -0.1) is 0 Å². The second-order valence-corrected chi connectivity index (χ2v) is 8.22. The van der Waals surface area contributed by atoms with E-state index in [-0.39, 0.29) is 33.6 Å². The number of halogens is 3. The molecule has 3 N–H and O–H groups in total. The van der Waals surface area contributed by atoms with Gasteiger partial charge in [0, 0.05) is 35.0 Å². The highest BCUT2D eigenvalue weighted by Gasteiger charge is 2.17. The van der Waals surface area contributed by atoms with Crippen molar-refractivity contribution < 1.29 is 37.3 Å². The molecule has 0 saturated carbocycles. The molecule has 4 aromatic rings. The number of nitrogens with one attached hydrogen (secondary N) is 2. The Morgan fingerprint density at radius 3 is 2.37 bits per heavy atom. The number of benzene rings is 3. The molecule has 38 heavy (non-hydrogen) atoms. The highest BCUT2D eigenvalue weighted by Crippen LogP contribution is 2.34. The highest BCUT2D eigenvalue weighted by molar-refractivity contribution is 7.80. The number of amides is 1. The number of rotatable bonds is 7. The summed E-state index contributed by atoms with van der Waals surface area (Å²) in [5.41, 5.74) is 0.0122. The first-order chi connectivity index (χ1) is 18.2. The van der Waals surface area contributed by atoms with Crippen LogP contribution in [0.25, 0.3) is 10.9 Å². The van der Waals surface area contributed by atoms with Gasteiger partial charge in [0.05, 0.1) is 19.0 Å². The zero-order valence-electron chi connectivity index (χ0n) is 19.6. The van der Waals surface area contributed by atoms with E-state index in [2.05, 4.69) is 15.6 Å². The lowest BCUT2D eigenvalue weighted by Crippen LogP contribution is -2.35. The summed E-state index contributed by atoms with van der Waals surface area (Å²) >= 11 is 5.03. The molecule has 12 heteroatoms. The molecule has 0 aliphatic heterocycles. The molecular formula is C26H18F3N3O5S. The van der Waals surface area contributed by atoms with Crippen LogP contribution in [-0.2, 0) is 11.2 Å². The van der Waals surface area contributed by atoms with E-state index in [9.17, 15) is 27.9 Å². The summed E-state index contributed by atoms with van der Waals surface area (Å²) in [5.74, 6) is -4.43. The molecule has 1 aromatic heterocycles. The molecule has 1 amide bonds. The fraction of sp³-hybridized carbons (Fsp3) is 0.0769. The zero-order valence-corrected chi connectivity index (χ0v) is 20.4. The Hall–Kier alpha value is -4.71. The molecule has 0 bridgehead atoms. The molecule has 0 unspecified atom stereocenters. The molecule has 0 radical (unpaired) electrons. The van der Waals surface area contributed by atoms with Crippen LogP contribution in [0.3, 0.4) is 0 Å². The van der Waals surface area contributed by atoms with Gasteiger partial charge in [0.15, 0.2) is 16.7 Å². The highest BCUT2D eigenvalue weighted by atomic mass is 32.1. The number of anilines is 1. The Bertz CT molecular complexity index is 1560. The van der Waals surface area contributed by atoms with Crippen LogP contribution in [0, 0.1) is 17.5 Å². The van der Waals surface area contributed by atoms with Crippen molar-refractivity contribution in [2.24, 2.45) is 0 Å². The average Bonchev–Trinajstić information content (AvgIpc) is 2.87. The topological polar surface area (TPSA) is 110 Å². The number of hydrogen-bond donors (Lipinski definition) is 3. The van der Waals surface area contributed by atoms with Crippen LogP contribution < -0.4 is 20.1 Å². The normalized spacial score (nSPS) is 10.6. The SMILES string of the molecule is COc1cc2nccc(Oc3ccc(NC(=S)NC(=O)Cc4c(F)cccc4F)cc3F)c2cc1C(=O)O. The van der Waals surface area contributed by atoms with E-state index in [0.717, 1.165) is 18.2 Å². The number of carbonyl (C=O) groups is 2. The van der Waals surface area contributed by atoms with Gasteiger partial charge in [-0.05, 0) is 48.6 Å². The summed E-state index contributed by atoms with van der Waals surface area (Å²) in [4.78, 5) is 27.9. The van der Waals surface area contributed by atoms with Crippen molar-refractivity contribution in [3.05, 3.63) is 89.4 Å². The summed E-state index contributed by atoms with van der Waals surface area (Å²) in [6.07, 6.45) is 0.830. The van der Waals surface area contributed by atoms with Gasteiger partial charge in [-0.3, -0.25) is 9.78 Å². The van der Waals surface area contributed by atoms with Crippen molar-refractivity contribution in [3.63, 3.8) is 0 Å². The van der Waals surface area contributed by atoms with Crippen LogP contribution in [0.15, 0.2) is 60.8 Å². The van der Waals surface area contributed by atoms with Crippen molar-refractivity contribution in [2.45, 2.75) is 6.42 Å². The average molecular weight is 542 g/mol. The number of hydrogen-bond acceptors (Lipinski definition) is 6. The monoisotopic (exact) mass is 541 g/mol. The smallest absolute Gasteiger partial charge is 0.339 e. The molecular weight excluding hydrogens is 523 g/mol. The third kappa shape index (κ3) is 5.81. The number of aromatic carboxylic acids is 1. The summed E-state index contributed by atoms with van der Waals surface area (Å²) in [7, 11) is 1.33. The van der Waals surface area contributed by atoms with Crippen molar-refractivity contribution in [3.8, 4) is 17.2 Å². The van der Waals surface area contributed by atoms with Gasteiger partial charge in [0.2, 0.25) is 5.91 Å². The standard InChI is InChI=1S/C26H18F3N3O5S/c1-36-23-12-20-15(10-16(23)25(34)35)21(7-8-30-20)37-22-6-5-13(9-19(22)29)31-26(38)32-24(33)11-14-17(27)3-2-4-18(14)28/h2-10,12H,11H2,1H3,(H,34,35)(H2,31,32,33,38). The molecule has 194 valence electrons. The van der Waals surface area contributed by atoms with Crippen LogP contribution in [-0.4, -0.2) is 34.2 Å². The molecule has 0 fully saturated rings. The predicted octanol–water partition coefficient (Wildman–Crippen LogP) is 5.21. The number of thiocarbonyl (C=S) groups is 1. The minimum absolute atomic E-state index is 0.110. The first-order valence-electron chi connectivity index (χ1n) is 10.9. The number of fused-ring (bicyclic) bond motifs is 1. The van der Waals surface area contributed by atoms with Crippen LogP contribution in [0.5, 0.6) is 17.2 Å². The van der Waals surface area contributed by atoms with Crippen molar-refractivity contribution in [2.75, 3.05) is 12.4 Å². The molecule has 1 heterocycles. The molecule has 0 aliphatic carbocycles. The summed E-state index contributed by atoms with van der Waals surface area (Å²) in [5, 5.41) is 14.5. The van der Waals surface area contributed by atoms with Crippen LogP contribution >= 0.6 is 12.2 Å².